The molecule has 0 radical (unpaired) electrons. The Morgan fingerprint density at radius 2 is 1.81 bits per heavy atom. The number of halogens is 4. The summed E-state index contributed by atoms with van der Waals surface area (Å²) in [6, 6.07) is 7.12. The van der Waals surface area contributed by atoms with Crippen LogP contribution < -0.4 is 4.72 Å². The van der Waals surface area contributed by atoms with Crippen LogP contribution in [0, 0.1) is 0 Å². The highest BCUT2D eigenvalue weighted by Crippen LogP contribution is 2.38. The fraction of sp³-hybridized carbons (Fsp3) is 0.263. The van der Waals surface area contributed by atoms with Gasteiger partial charge in [0, 0.05) is 25.8 Å². The van der Waals surface area contributed by atoms with E-state index in [1.807, 2.05) is 0 Å². The number of nitrogens with one attached hydrogen (secondary N) is 1. The molecule has 2 aromatic carbocycles. The summed E-state index contributed by atoms with van der Waals surface area (Å²) in [5, 5.41) is 0.0685. The molecule has 5 nitrogen and oxygen atoms in total. The Kier molecular flexibility index (Phi) is 7.78. The van der Waals surface area contributed by atoms with Crippen LogP contribution in [0.2, 0.25) is 5.02 Å². The highest BCUT2D eigenvalue weighted by Gasteiger charge is 2.31. The van der Waals surface area contributed by atoms with Crippen molar-refractivity contribution < 1.29 is 30.6 Å². The number of benzene rings is 2. The Bertz CT molecular complexity index is 1210. The normalized spacial score (nSPS) is 14.1. The molecule has 0 saturated carbocycles. The van der Waals surface area contributed by atoms with Crippen molar-refractivity contribution in [2.75, 3.05) is 12.0 Å². The van der Waals surface area contributed by atoms with Gasteiger partial charge < -0.3 is 0 Å². The molecule has 2 aromatic rings. The van der Waals surface area contributed by atoms with Crippen LogP contribution in [0.25, 0.3) is 0 Å². The highest BCUT2D eigenvalue weighted by molar-refractivity contribution is 7.99. The molecule has 12 heteroatoms. The van der Waals surface area contributed by atoms with E-state index in [0.717, 1.165) is 23.9 Å². The molecule has 0 saturated heterocycles. The Balaban J connectivity index is 2.41. The smallest absolute Gasteiger partial charge is 0.283 e. The topological polar surface area (TPSA) is 80.3 Å². The molecule has 1 amide bonds. The molecule has 0 fully saturated rings. The van der Waals surface area contributed by atoms with Crippen molar-refractivity contribution in [2.24, 2.45) is 0 Å². The fourth-order valence-corrected chi connectivity index (χ4v) is 5.26. The largest absolute Gasteiger partial charge is 0.416 e. The zero-order chi connectivity index (χ0) is 23.6. The van der Waals surface area contributed by atoms with Crippen molar-refractivity contribution in [1.29, 1.82) is 0 Å². The van der Waals surface area contributed by atoms with E-state index in [-0.39, 0.29) is 26.1 Å². The van der Waals surface area contributed by atoms with Crippen molar-refractivity contribution in [2.45, 2.75) is 34.2 Å². The van der Waals surface area contributed by atoms with Gasteiger partial charge in [0.25, 0.3) is 0 Å². The van der Waals surface area contributed by atoms with E-state index in [0.29, 0.717) is 4.90 Å². The average molecular weight is 514 g/mol. The van der Waals surface area contributed by atoms with E-state index in [4.69, 9.17) is 11.6 Å². The third-order valence-corrected chi connectivity index (χ3v) is 7.72. The molecule has 0 bridgehead atoms. The molecule has 170 valence electrons. The summed E-state index contributed by atoms with van der Waals surface area (Å²) >= 11 is 7.06. The first-order valence-electron chi connectivity index (χ1n) is 8.65. The van der Waals surface area contributed by atoms with Gasteiger partial charge in [0.1, 0.15) is 0 Å². The van der Waals surface area contributed by atoms with Crippen molar-refractivity contribution in [1.82, 2.24) is 4.72 Å². The quantitative estimate of drug-likeness (QED) is 0.561. The van der Waals surface area contributed by atoms with E-state index in [2.05, 4.69) is 10.6 Å². The molecule has 2 rings (SSSR count). The number of amides is 1. The standard InChI is InChI=1S/C19H19ClF3NO4S3/c1-4-31(27,28)15-5-6-17(16(20)11-15)29-14-8-12(7-13(10-14)19(21,22)23)9-18(25)24-30(2,3)26/h5-8,10-11H,2,4,9H2,1,3H3,(H,24,25,26). The highest BCUT2D eigenvalue weighted by atomic mass is 35.5. The van der Waals surface area contributed by atoms with Crippen LogP contribution in [-0.4, -0.2) is 36.4 Å². The molecule has 0 heterocycles. The summed E-state index contributed by atoms with van der Waals surface area (Å²) in [4.78, 5) is 12.5. The minimum atomic E-state index is -4.66. The zero-order valence-corrected chi connectivity index (χ0v) is 19.7. The fourth-order valence-electron chi connectivity index (χ4n) is 2.50. The minimum absolute atomic E-state index is 0.0158. The number of hydrogen-bond acceptors (Lipinski definition) is 5. The second kappa shape index (κ2) is 9.43. The first-order chi connectivity index (χ1) is 14.1. The van der Waals surface area contributed by atoms with E-state index in [1.165, 1.54) is 37.4 Å². The number of rotatable bonds is 7. The Labute approximate surface area is 188 Å². The molecule has 0 aromatic heterocycles. The predicted molar refractivity (Wildman–Crippen MR) is 118 cm³/mol. The van der Waals surface area contributed by atoms with Crippen LogP contribution in [0.1, 0.15) is 18.1 Å². The van der Waals surface area contributed by atoms with Gasteiger partial charge in [-0.25, -0.2) is 12.6 Å². The van der Waals surface area contributed by atoms with Gasteiger partial charge >= 0.3 is 6.18 Å². The number of hydrogen-bond donors (Lipinski definition) is 1. The van der Waals surface area contributed by atoms with Crippen LogP contribution >= 0.6 is 23.4 Å². The van der Waals surface area contributed by atoms with E-state index < -0.39 is 43.6 Å². The molecular formula is C19H19ClF3NO4S3. The van der Waals surface area contributed by atoms with Gasteiger partial charge in [-0.3, -0.25) is 9.52 Å². The second-order valence-electron chi connectivity index (χ2n) is 6.67. The maximum atomic E-state index is 13.3. The summed E-state index contributed by atoms with van der Waals surface area (Å²) in [5.74, 6) is 2.43. The van der Waals surface area contributed by atoms with Crippen molar-refractivity contribution >= 4 is 54.7 Å². The van der Waals surface area contributed by atoms with Gasteiger partial charge in [0.15, 0.2) is 9.84 Å². The van der Waals surface area contributed by atoms with Gasteiger partial charge in [-0.2, -0.15) is 13.2 Å². The monoisotopic (exact) mass is 513 g/mol. The van der Waals surface area contributed by atoms with Crippen LogP contribution in [-0.2, 0) is 36.9 Å². The summed E-state index contributed by atoms with van der Waals surface area (Å²) in [7, 11) is -6.35. The van der Waals surface area contributed by atoms with Crippen LogP contribution in [0.4, 0.5) is 13.2 Å². The van der Waals surface area contributed by atoms with Crippen LogP contribution in [0.3, 0.4) is 0 Å². The lowest BCUT2D eigenvalue weighted by Crippen LogP contribution is -2.30. The van der Waals surface area contributed by atoms with E-state index in [1.54, 1.807) is 0 Å². The number of alkyl halides is 3. The molecule has 0 aliphatic rings. The maximum absolute atomic E-state index is 13.3. The van der Waals surface area contributed by atoms with E-state index in [9.17, 15) is 30.6 Å². The molecule has 1 atom stereocenters. The molecule has 1 N–H and O–H groups in total. The predicted octanol–water partition coefficient (Wildman–Crippen LogP) is 4.22. The lowest BCUT2D eigenvalue weighted by molar-refractivity contribution is -0.137. The first-order valence-corrected chi connectivity index (χ1v) is 13.6. The molecular weight excluding hydrogens is 495 g/mol. The third-order valence-electron chi connectivity index (χ3n) is 3.86. The minimum Gasteiger partial charge on any atom is -0.283 e. The maximum Gasteiger partial charge on any atom is 0.416 e. The molecule has 0 spiro atoms. The zero-order valence-electron chi connectivity index (χ0n) is 16.5. The molecule has 1 unspecified atom stereocenters. The van der Waals surface area contributed by atoms with Gasteiger partial charge in [-0.1, -0.05) is 30.3 Å². The van der Waals surface area contributed by atoms with Crippen LogP contribution in [0.15, 0.2) is 51.1 Å². The lowest BCUT2D eigenvalue weighted by atomic mass is 10.1. The van der Waals surface area contributed by atoms with E-state index >= 15 is 0 Å². The van der Waals surface area contributed by atoms with Crippen LogP contribution in [0.5, 0.6) is 0 Å². The summed E-state index contributed by atoms with van der Waals surface area (Å²) in [5.41, 5.74) is -0.909. The Hall–Kier alpha value is -1.69. The average Bonchev–Trinajstić information content (AvgIpc) is 2.60. The summed E-state index contributed by atoms with van der Waals surface area (Å²) in [6.45, 7) is 1.48. The molecule has 0 aliphatic heterocycles. The Morgan fingerprint density at radius 1 is 1.16 bits per heavy atom. The Morgan fingerprint density at radius 3 is 2.32 bits per heavy atom. The second-order valence-corrected chi connectivity index (χ2v) is 12.7. The van der Waals surface area contributed by atoms with Gasteiger partial charge in [0.2, 0.25) is 5.91 Å². The van der Waals surface area contributed by atoms with Gasteiger partial charge in [-0.05, 0) is 47.8 Å². The summed E-state index contributed by atoms with van der Waals surface area (Å²) in [6.07, 6.45) is -3.89. The lowest BCUT2D eigenvalue weighted by Gasteiger charge is -2.13. The number of sulfone groups is 1. The van der Waals surface area contributed by atoms with Crippen molar-refractivity contribution in [3.8, 4) is 0 Å². The van der Waals surface area contributed by atoms with Crippen molar-refractivity contribution in [3.63, 3.8) is 0 Å². The molecule has 31 heavy (non-hydrogen) atoms. The third kappa shape index (κ3) is 7.44. The first kappa shape index (κ1) is 25.6. The SMILES string of the molecule is C=S(C)(=O)NC(=O)Cc1cc(Sc2ccc(S(=O)(=O)CC)cc2Cl)cc(C(F)(F)F)c1. The number of carbonyl (C=O) groups excluding carboxylic acids is 1. The molecule has 0 aliphatic carbocycles. The van der Waals surface area contributed by atoms with Gasteiger partial charge in [0.05, 0.1) is 27.7 Å². The number of carbonyl (C=O) groups is 1. The van der Waals surface area contributed by atoms with Crippen molar-refractivity contribution in [3.05, 3.63) is 52.5 Å². The van der Waals surface area contributed by atoms with Gasteiger partial charge in [-0.15, -0.1) is 0 Å². The summed E-state index contributed by atoms with van der Waals surface area (Å²) < 4.78 is 77.7.